The van der Waals surface area contributed by atoms with E-state index in [1.54, 1.807) is 48.2 Å². The number of nitrogens with zero attached hydrogens (tertiary/aromatic N) is 3. The van der Waals surface area contributed by atoms with Crippen molar-refractivity contribution < 1.29 is 18.5 Å². The third-order valence-corrected chi connectivity index (χ3v) is 5.77. The third-order valence-electron chi connectivity index (χ3n) is 5.44. The second kappa shape index (κ2) is 9.48. The number of hydrogen-bond donors (Lipinski definition) is 1. The number of aromatic nitrogens is 2. The van der Waals surface area contributed by atoms with Gasteiger partial charge in [-0.1, -0.05) is 41.0 Å². The van der Waals surface area contributed by atoms with Gasteiger partial charge in [0.1, 0.15) is 11.9 Å². The molecule has 2 amide bonds. The molecule has 1 aliphatic heterocycles. The minimum absolute atomic E-state index is 0.131. The summed E-state index contributed by atoms with van der Waals surface area (Å²) >= 11 is 6.07. The highest BCUT2D eigenvalue weighted by atomic mass is 35.5. The van der Waals surface area contributed by atoms with Crippen molar-refractivity contribution in [1.29, 1.82) is 0 Å². The van der Waals surface area contributed by atoms with Crippen molar-refractivity contribution in [3.05, 3.63) is 70.8 Å². The third kappa shape index (κ3) is 4.80. The first-order valence-corrected chi connectivity index (χ1v) is 10.7. The average Bonchev–Trinajstić information content (AvgIpc) is 3.29. The molecule has 0 saturated carbocycles. The van der Waals surface area contributed by atoms with Gasteiger partial charge in [0.25, 0.3) is 5.91 Å². The van der Waals surface area contributed by atoms with Gasteiger partial charge >= 0.3 is 0 Å². The van der Waals surface area contributed by atoms with Crippen molar-refractivity contribution >= 4 is 23.4 Å². The summed E-state index contributed by atoms with van der Waals surface area (Å²) in [6, 6.07) is 11.9. The molecule has 2 atom stereocenters. The van der Waals surface area contributed by atoms with Gasteiger partial charge in [0.15, 0.2) is 0 Å². The highest BCUT2D eigenvalue weighted by molar-refractivity contribution is 6.33. The number of carbonyl (C=O) groups excluding carboxylic acids is 2. The van der Waals surface area contributed by atoms with Gasteiger partial charge in [-0.05, 0) is 44.0 Å². The summed E-state index contributed by atoms with van der Waals surface area (Å²) in [6.45, 7) is 2.62. The number of hydrogen-bond acceptors (Lipinski definition) is 5. The van der Waals surface area contributed by atoms with Gasteiger partial charge in [0.2, 0.25) is 17.6 Å². The Morgan fingerprint density at radius 3 is 2.84 bits per heavy atom. The van der Waals surface area contributed by atoms with Crippen LogP contribution in [-0.4, -0.2) is 46.0 Å². The fourth-order valence-corrected chi connectivity index (χ4v) is 4.00. The second-order valence-corrected chi connectivity index (χ2v) is 8.17. The lowest BCUT2D eigenvalue weighted by Gasteiger charge is -2.33. The summed E-state index contributed by atoms with van der Waals surface area (Å²) in [5, 5.41) is 7.01. The standard InChI is InChI=1S/C23H22ClFN4O3/c1-14(26-21(30)18-9-2-3-10-19(18)24)23(31)29-11-5-7-16(13-29)22-27-20(28-32-22)15-6-4-8-17(25)12-15/h2-4,6,8-10,12,14,16H,5,7,11,13H2,1H3,(H,26,30). The number of piperidine rings is 1. The van der Waals surface area contributed by atoms with Crippen LogP contribution in [0.1, 0.15) is 41.9 Å². The number of likely N-dealkylation sites (tertiary alicyclic amines) is 1. The molecule has 166 valence electrons. The highest BCUT2D eigenvalue weighted by Gasteiger charge is 2.31. The Balaban J connectivity index is 1.41. The molecule has 1 fully saturated rings. The number of nitrogens with one attached hydrogen (secondary N) is 1. The van der Waals surface area contributed by atoms with Crippen LogP contribution in [0.25, 0.3) is 11.4 Å². The number of halogens is 2. The van der Waals surface area contributed by atoms with Crippen molar-refractivity contribution in [1.82, 2.24) is 20.4 Å². The Morgan fingerprint density at radius 1 is 1.25 bits per heavy atom. The quantitative estimate of drug-likeness (QED) is 0.625. The molecule has 1 saturated heterocycles. The van der Waals surface area contributed by atoms with Crippen molar-refractivity contribution in [2.24, 2.45) is 0 Å². The normalized spacial score (nSPS) is 17.1. The van der Waals surface area contributed by atoms with E-state index in [2.05, 4.69) is 15.5 Å². The summed E-state index contributed by atoms with van der Waals surface area (Å²) in [6.07, 6.45) is 1.55. The van der Waals surface area contributed by atoms with E-state index in [4.69, 9.17) is 16.1 Å². The molecule has 2 unspecified atom stereocenters. The van der Waals surface area contributed by atoms with Gasteiger partial charge in [0.05, 0.1) is 16.5 Å². The van der Waals surface area contributed by atoms with Gasteiger partial charge in [-0.2, -0.15) is 4.98 Å². The van der Waals surface area contributed by atoms with Crippen molar-refractivity contribution in [2.45, 2.75) is 31.7 Å². The molecular weight excluding hydrogens is 435 g/mol. The molecule has 2 heterocycles. The monoisotopic (exact) mass is 456 g/mol. The summed E-state index contributed by atoms with van der Waals surface area (Å²) in [5.74, 6) is -0.385. The molecule has 0 aliphatic carbocycles. The Kier molecular flexibility index (Phi) is 6.50. The first-order valence-electron chi connectivity index (χ1n) is 10.4. The summed E-state index contributed by atoms with van der Waals surface area (Å²) in [7, 11) is 0. The maximum absolute atomic E-state index is 13.5. The van der Waals surface area contributed by atoms with Crippen LogP contribution in [0, 0.1) is 5.82 Å². The average molecular weight is 457 g/mol. The van der Waals surface area contributed by atoms with Crippen LogP contribution in [-0.2, 0) is 4.79 Å². The van der Waals surface area contributed by atoms with E-state index in [0.717, 1.165) is 12.8 Å². The molecule has 3 aromatic rings. The molecule has 32 heavy (non-hydrogen) atoms. The van der Waals surface area contributed by atoms with Crippen molar-refractivity contribution in [3.63, 3.8) is 0 Å². The van der Waals surface area contributed by atoms with Crippen LogP contribution in [0.5, 0.6) is 0 Å². The van der Waals surface area contributed by atoms with Gasteiger partial charge in [-0.25, -0.2) is 4.39 Å². The topological polar surface area (TPSA) is 88.3 Å². The molecule has 0 bridgehead atoms. The molecule has 1 N–H and O–H groups in total. The number of benzene rings is 2. The Morgan fingerprint density at radius 2 is 2.06 bits per heavy atom. The molecule has 4 rings (SSSR count). The van der Waals surface area contributed by atoms with E-state index in [9.17, 15) is 14.0 Å². The van der Waals surface area contributed by atoms with Crippen LogP contribution < -0.4 is 5.32 Å². The highest BCUT2D eigenvalue weighted by Crippen LogP contribution is 2.28. The van der Waals surface area contributed by atoms with E-state index in [1.165, 1.54) is 12.1 Å². The number of carbonyl (C=O) groups is 2. The van der Waals surface area contributed by atoms with Crippen LogP contribution in [0.2, 0.25) is 5.02 Å². The predicted molar refractivity (Wildman–Crippen MR) is 117 cm³/mol. The lowest BCUT2D eigenvalue weighted by molar-refractivity contribution is -0.134. The predicted octanol–water partition coefficient (Wildman–Crippen LogP) is 4.05. The minimum atomic E-state index is -0.719. The lowest BCUT2D eigenvalue weighted by atomic mass is 9.97. The number of rotatable bonds is 5. The van der Waals surface area contributed by atoms with Crippen LogP contribution in [0.3, 0.4) is 0 Å². The molecule has 9 heteroatoms. The summed E-state index contributed by atoms with van der Waals surface area (Å²) in [5.41, 5.74) is 0.848. The van der Waals surface area contributed by atoms with E-state index < -0.39 is 11.9 Å². The van der Waals surface area contributed by atoms with Gasteiger partial charge in [-0.15, -0.1) is 0 Å². The van der Waals surface area contributed by atoms with E-state index >= 15 is 0 Å². The zero-order valence-corrected chi connectivity index (χ0v) is 18.2. The minimum Gasteiger partial charge on any atom is -0.340 e. The smallest absolute Gasteiger partial charge is 0.253 e. The fraction of sp³-hybridized carbons (Fsp3) is 0.304. The largest absolute Gasteiger partial charge is 0.340 e. The molecule has 0 radical (unpaired) electrons. The van der Waals surface area contributed by atoms with E-state index in [0.29, 0.717) is 41.0 Å². The van der Waals surface area contributed by atoms with Crippen molar-refractivity contribution in [3.8, 4) is 11.4 Å². The fourth-order valence-electron chi connectivity index (χ4n) is 3.78. The molecule has 1 aromatic heterocycles. The molecule has 7 nitrogen and oxygen atoms in total. The zero-order valence-electron chi connectivity index (χ0n) is 17.4. The Labute approximate surface area is 189 Å². The number of amides is 2. The Bertz CT molecular complexity index is 1140. The second-order valence-electron chi connectivity index (χ2n) is 7.76. The summed E-state index contributed by atoms with van der Waals surface area (Å²) in [4.78, 5) is 31.6. The molecular formula is C23H22ClFN4O3. The van der Waals surface area contributed by atoms with E-state index in [1.807, 2.05) is 0 Å². The SMILES string of the molecule is CC(NC(=O)c1ccccc1Cl)C(=O)N1CCCC(c2nc(-c3cccc(F)c3)no2)C1. The molecule has 0 spiro atoms. The lowest BCUT2D eigenvalue weighted by Crippen LogP contribution is -2.49. The van der Waals surface area contributed by atoms with Gasteiger partial charge in [0, 0.05) is 18.7 Å². The summed E-state index contributed by atoms with van der Waals surface area (Å²) < 4.78 is 18.9. The molecule has 2 aromatic carbocycles. The van der Waals surface area contributed by atoms with Crippen LogP contribution in [0.4, 0.5) is 4.39 Å². The maximum atomic E-state index is 13.5. The molecule has 1 aliphatic rings. The Hall–Kier alpha value is -3.26. The first-order chi connectivity index (χ1) is 15.4. The maximum Gasteiger partial charge on any atom is 0.253 e. The first kappa shape index (κ1) is 22.0. The zero-order chi connectivity index (χ0) is 22.7. The van der Waals surface area contributed by atoms with E-state index in [-0.39, 0.29) is 17.6 Å². The van der Waals surface area contributed by atoms with Crippen LogP contribution >= 0.6 is 11.6 Å². The van der Waals surface area contributed by atoms with Gasteiger partial charge in [-0.3, -0.25) is 9.59 Å². The van der Waals surface area contributed by atoms with Crippen molar-refractivity contribution in [2.75, 3.05) is 13.1 Å². The van der Waals surface area contributed by atoms with Gasteiger partial charge < -0.3 is 14.7 Å². The van der Waals surface area contributed by atoms with Crippen LogP contribution in [0.15, 0.2) is 53.1 Å².